The molecule has 4 nitrogen and oxygen atoms in total. The Morgan fingerprint density at radius 2 is 1.93 bits per heavy atom. The van der Waals surface area contributed by atoms with Crippen LogP contribution in [0.3, 0.4) is 0 Å². The van der Waals surface area contributed by atoms with Crippen molar-refractivity contribution < 1.29 is 9.53 Å². The number of amides is 1. The van der Waals surface area contributed by atoms with Crippen LogP contribution in [0.1, 0.15) is 44.6 Å². The van der Waals surface area contributed by atoms with Crippen LogP contribution in [0.15, 0.2) is 58.4 Å². The topological polar surface area (TPSA) is 41.9 Å². The summed E-state index contributed by atoms with van der Waals surface area (Å²) in [6, 6.07) is 16.2. The summed E-state index contributed by atoms with van der Waals surface area (Å²) in [6.45, 7) is 2.62. The summed E-state index contributed by atoms with van der Waals surface area (Å²) >= 11 is 3.76. The number of carbonyl (C=O) groups excluding carboxylic acids is 1. The molecule has 156 valence electrons. The van der Waals surface area contributed by atoms with Gasteiger partial charge in [0.1, 0.15) is 5.75 Å². The maximum absolute atomic E-state index is 13.4. The summed E-state index contributed by atoms with van der Waals surface area (Å²) < 4.78 is 6.68. The van der Waals surface area contributed by atoms with Gasteiger partial charge in [0, 0.05) is 6.04 Å². The number of ether oxygens (including phenoxy) is 1. The van der Waals surface area contributed by atoms with Gasteiger partial charge in [0.15, 0.2) is 5.17 Å². The normalized spacial score (nSPS) is 20.3. The van der Waals surface area contributed by atoms with Gasteiger partial charge in [-0.25, -0.2) is 4.99 Å². The molecule has 1 aliphatic carbocycles. The number of nitrogens with zero attached hydrogens (tertiary/aromatic N) is 2. The van der Waals surface area contributed by atoms with Gasteiger partial charge in [-0.3, -0.25) is 9.69 Å². The van der Waals surface area contributed by atoms with E-state index in [1.807, 2.05) is 60.4 Å². The second-order valence-corrected chi connectivity index (χ2v) is 9.60. The SMILES string of the molecule is CCOc1ccc(/C=C2\SC(=Nc3ccccc3)N(C3CCCCC3)C2=O)cc1I. The number of para-hydroxylation sites is 1. The quantitative estimate of drug-likeness (QED) is 0.321. The van der Waals surface area contributed by atoms with Crippen molar-refractivity contribution in [2.24, 2.45) is 4.99 Å². The second kappa shape index (κ2) is 10.0. The Morgan fingerprint density at radius 1 is 1.17 bits per heavy atom. The van der Waals surface area contributed by atoms with Gasteiger partial charge in [-0.2, -0.15) is 0 Å². The highest BCUT2D eigenvalue weighted by Gasteiger charge is 2.38. The van der Waals surface area contributed by atoms with Crippen molar-refractivity contribution in [3.63, 3.8) is 0 Å². The molecule has 0 spiro atoms. The Kier molecular flexibility index (Phi) is 7.15. The smallest absolute Gasteiger partial charge is 0.267 e. The van der Waals surface area contributed by atoms with Gasteiger partial charge < -0.3 is 4.74 Å². The van der Waals surface area contributed by atoms with Crippen molar-refractivity contribution in [2.45, 2.75) is 45.1 Å². The lowest BCUT2D eigenvalue weighted by atomic mass is 9.94. The number of halogens is 1. The van der Waals surface area contributed by atoms with Crippen LogP contribution in [0.2, 0.25) is 0 Å². The minimum atomic E-state index is 0.0745. The summed E-state index contributed by atoms with van der Waals surface area (Å²) in [5.41, 5.74) is 1.88. The maximum Gasteiger partial charge on any atom is 0.267 e. The third-order valence-corrected chi connectivity index (χ3v) is 7.14. The molecule has 0 unspecified atom stereocenters. The first-order valence-corrected chi connectivity index (χ1v) is 12.3. The molecule has 0 aromatic heterocycles. The number of carbonyl (C=O) groups is 1. The number of hydrogen-bond acceptors (Lipinski definition) is 4. The Bertz CT molecular complexity index is 968. The van der Waals surface area contributed by atoms with Crippen molar-refractivity contribution in [3.05, 3.63) is 62.6 Å². The molecule has 4 rings (SSSR count). The van der Waals surface area contributed by atoms with Crippen molar-refractivity contribution in [2.75, 3.05) is 6.61 Å². The standard InChI is InChI=1S/C24H25IN2O2S/c1-2-29-21-14-13-17(15-20(21)25)16-22-23(28)27(19-11-7-4-8-12-19)24(30-22)26-18-9-5-3-6-10-18/h3,5-6,9-10,13-16,19H,2,4,7-8,11-12H2,1H3/b22-16-,26-24?. The molecule has 2 fully saturated rings. The minimum absolute atomic E-state index is 0.0745. The molecule has 6 heteroatoms. The van der Waals surface area contributed by atoms with Crippen LogP contribution in [-0.2, 0) is 4.79 Å². The Hall–Kier alpha value is -1.80. The van der Waals surface area contributed by atoms with E-state index in [-0.39, 0.29) is 11.9 Å². The van der Waals surface area contributed by atoms with Gasteiger partial charge in [0.2, 0.25) is 0 Å². The van der Waals surface area contributed by atoms with E-state index in [1.165, 1.54) is 31.0 Å². The molecule has 2 aliphatic rings. The minimum Gasteiger partial charge on any atom is -0.493 e. The molecular formula is C24H25IN2O2S. The average molecular weight is 532 g/mol. The fourth-order valence-corrected chi connectivity index (χ4v) is 5.62. The summed E-state index contributed by atoms with van der Waals surface area (Å²) in [5.74, 6) is 0.950. The van der Waals surface area contributed by atoms with Gasteiger partial charge in [0.25, 0.3) is 5.91 Å². The predicted molar refractivity (Wildman–Crippen MR) is 133 cm³/mol. The monoisotopic (exact) mass is 532 g/mol. The van der Waals surface area contributed by atoms with E-state index in [0.717, 1.165) is 43.5 Å². The first kappa shape index (κ1) is 21.4. The van der Waals surface area contributed by atoms with Crippen molar-refractivity contribution in [1.29, 1.82) is 0 Å². The van der Waals surface area contributed by atoms with Crippen LogP contribution in [0.5, 0.6) is 5.75 Å². The lowest BCUT2D eigenvalue weighted by Crippen LogP contribution is -2.40. The zero-order valence-corrected chi connectivity index (χ0v) is 20.0. The number of rotatable bonds is 5. The molecule has 1 heterocycles. The van der Waals surface area contributed by atoms with E-state index >= 15 is 0 Å². The lowest BCUT2D eigenvalue weighted by molar-refractivity contribution is -0.124. The van der Waals surface area contributed by atoms with Gasteiger partial charge in [-0.1, -0.05) is 43.5 Å². The first-order valence-electron chi connectivity index (χ1n) is 10.4. The zero-order valence-electron chi connectivity index (χ0n) is 17.0. The summed E-state index contributed by atoms with van der Waals surface area (Å²) in [7, 11) is 0. The highest BCUT2D eigenvalue weighted by atomic mass is 127. The van der Waals surface area contributed by atoms with Gasteiger partial charge in [0.05, 0.1) is 20.8 Å². The van der Waals surface area contributed by atoms with Crippen LogP contribution in [0, 0.1) is 3.57 Å². The predicted octanol–water partition coefficient (Wildman–Crippen LogP) is 6.63. The fraction of sp³-hybridized carbons (Fsp3) is 0.333. The molecule has 1 aliphatic heterocycles. The Morgan fingerprint density at radius 3 is 2.63 bits per heavy atom. The number of aliphatic imine (C=N–C) groups is 1. The van der Waals surface area contributed by atoms with E-state index in [2.05, 4.69) is 28.7 Å². The molecule has 0 N–H and O–H groups in total. The second-order valence-electron chi connectivity index (χ2n) is 7.43. The number of benzene rings is 2. The van der Waals surface area contributed by atoms with Gasteiger partial charge in [-0.15, -0.1) is 0 Å². The fourth-order valence-electron chi connectivity index (χ4n) is 3.87. The number of hydrogen-bond donors (Lipinski definition) is 0. The average Bonchev–Trinajstić information content (AvgIpc) is 3.06. The number of thioether (sulfide) groups is 1. The van der Waals surface area contributed by atoms with Crippen molar-refractivity contribution >= 4 is 57.2 Å². The van der Waals surface area contributed by atoms with Crippen molar-refractivity contribution in [3.8, 4) is 5.75 Å². The van der Waals surface area contributed by atoms with Gasteiger partial charge >= 0.3 is 0 Å². The van der Waals surface area contributed by atoms with E-state index in [0.29, 0.717) is 6.61 Å². The third-order valence-electron chi connectivity index (χ3n) is 5.31. The van der Waals surface area contributed by atoms with Crippen LogP contribution in [-0.4, -0.2) is 28.6 Å². The summed E-state index contributed by atoms with van der Waals surface area (Å²) in [6.07, 6.45) is 7.68. The Labute approximate surface area is 195 Å². The van der Waals surface area contributed by atoms with Gasteiger partial charge in [-0.05, 0) is 90.0 Å². The molecule has 30 heavy (non-hydrogen) atoms. The van der Waals surface area contributed by atoms with Crippen LogP contribution in [0.25, 0.3) is 6.08 Å². The molecule has 1 saturated carbocycles. The van der Waals surface area contributed by atoms with Crippen molar-refractivity contribution in [1.82, 2.24) is 4.90 Å². The molecule has 2 aromatic rings. The molecule has 1 amide bonds. The summed E-state index contributed by atoms with van der Waals surface area (Å²) in [4.78, 5) is 20.9. The summed E-state index contributed by atoms with van der Waals surface area (Å²) in [5, 5.41) is 0.796. The molecule has 1 saturated heterocycles. The molecule has 0 radical (unpaired) electrons. The highest BCUT2D eigenvalue weighted by Crippen LogP contribution is 2.38. The zero-order chi connectivity index (χ0) is 20.9. The number of amidine groups is 1. The Balaban J connectivity index is 1.66. The van der Waals surface area contributed by atoms with Crippen LogP contribution >= 0.6 is 34.4 Å². The van der Waals surface area contributed by atoms with E-state index in [4.69, 9.17) is 9.73 Å². The van der Waals surface area contributed by atoms with E-state index in [9.17, 15) is 4.79 Å². The van der Waals surface area contributed by atoms with Crippen LogP contribution < -0.4 is 4.74 Å². The largest absolute Gasteiger partial charge is 0.493 e. The molecule has 2 aromatic carbocycles. The maximum atomic E-state index is 13.4. The van der Waals surface area contributed by atoms with E-state index < -0.39 is 0 Å². The van der Waals surface area contributed by atoms with E-state index in [1.54, 1.807) is 0 Å². The lowest BCUT2D eigenvalue weighted by Gasteiger charge is -2.30. The molecule has 0 atom stereocenters. The molecular weight excluding hydrogens is 507 g/mol. The molecule has 0 bridgehead atoms. The van der Waals surface area contributed by atoms with Crippen LogP contribution in [0.4, 0.5) is 5.69 Å². The first-order chi connectivity index (χ1) is 14.7. The highest BCUT2D eigenvalue weighted by molar-refractivity contribution is 14.1. The third kappa shape index (κ3) is 4.91.